The zero-order valence-electron chi connectivity index (χ0n) is 11.1. The number of carboxylic acids is 1. The van der Waals surface area contributed by atoms with Gasteiger partial charge in [-0.1, -0.05) is 6.07 Å². The molecule has 2 aromatic rings. The van der Waals surface area contributed by atoms with Gasteiger partial charge in [0.15, 0.2) is 5.75 Å². The lowest BCUT2D eigenvalue weighted by molar-refractivity contribution is 0.0692. The molecule has 0 aliphatic carbocycles. The van der Waals surface area contributed by atoms with Crippen molar-refractivity contribution in [3.8, 4) is 17.6 Å². The van der Waals surface area contributed by atoms with Gasteiger partial charge < -0.3 is 15.6 Å². The Bertz CT molecular complexity index is 766. The van der Waals surface area contributed by atoms with Crippen LogP contribution in [0.2, 0.25) is 0 Å². The van der Waals surface area contributed by atoms with Gasteiger partial charge in [-0.15, -0.1) is 0 Å². The van der Waals surface area contributed by atoms with Gasteiger partial charge in [-0.3, -0.25) is 0 Å². The molecular weight excluding hydrogens is 275 g/mol. The molecule has 2 rings (SSSR count). The highest BCUT2D eigenvalue weighted by Crippen LogP contribution is 2.32. The number of carboxylic acid groups (broad SMARTS) is 1. The second kappa shape index (κ2) is 5.51. The first kappa shape index (κ1) is 14.3. The normalized spacial score (nSPS) is 9.95. The minimum absolute atomic E-state index is 0.00399. The van der Waals surface area contributed by atoms with Crippen LogP contribution >= 0.6 is 0 Å². The number of aromatic carboxylic acids is 1. The Labute approximate surface area is 120 Å². The molecule has 0 bridgehead atoms. The second-order valence-corrected chi connectivity index (χ2v) is 4.37. The van der Waals surface area contributed by atoms with Crippen molar-refractivity contribution in [1.82, 2.24) is 0 Å². The summed E-state index contributed by atoms with van der Waals surface area (Å²) in [5.41, 5.74) is 6.27. The first-order valence-electron chi connectivity index (χ1n) is 5.93. The number of halogens is 1. The van der Waals surface area contributed by atoms with Crippen LogP contribution in [-0.2, 0) is 0 Å². The van der Waals surface area contributed by atoms with E-state index in [2.05, 4.69) is 0 Å². The van der Waals surface area contributed by atoms with Crippen LogP contribution in [0.3, 0.4) is 0 Å². The van der Waals surface area contributed by atoms with Gasteiger partial charge in [0.1, 0.15) is 11.6 Å². The number of ether oxygens (including phenoxy) is 1. The molecule has 0 amide bonds. The molecule has 0 saturated heterocycles. The van der Waals surface area contributed by atoms with E-state index in [0.717, 1.165) is 17.7 Å². The molecule has 0 aliphatic rings. The average Bonchev–Trinajstić information content (AvgIpc) is 2.44. The number of nitriles is 1. The molecule has 0 aromatic heterocycles. The second-order valence-electron chi connectivity index (χ2n) is 4.37. The van der Waals surface area contributed by atoms with Crippen LogP contribution in [0.5, 0.6) is 11.5 Å². The average molecular weight is 286 g/mol. The minimum atomic E-state index is -1.41. The lowest BCUT2D eigenvalue weighted by Gasteiger charge is -2.12. The molecule has 0 aliphatic heterocycles. The molecule has 106 valence electrons. The molecular formula is C15H11FN2O3. The third-order valence-corrected chi connectivity index (χ3v) is 2.87. The van der Waals surface area contributed by atoms with Gasteiger partial charge in [-0.2, -0.15) is 5.26 Å². The van der Waals surface area contributed by atoms with Gasteiger partial charge in [0.25, 0.3) is 0 Å². The van der Waals surface area contributed by atoms with Crippen molar-refractivity contribution >= 4 is 11.7 Å². The Morgan fingerprint density at radius 1 is 1.33 bits per heavy atom. The summed E-state index contributed by atoms with van der Waals surface area (Å²) in [7, 11) is 0. The maximum Gasteiger partial charge on any atom is 0.338 e. The molecule has 2 aromatic carbocycles. The van der Waals surface area contributed by atoms with Gasteiger partial charge in [0.05, 0.1) is 22.9 Å². The number of nitrogen functional groups attached to an aromatic ring is 1. The van der Waals surface area contributed by atoms with E-state index in [4.69, 9.17) is 20.8 Å². The van der Waals surface area contributed by atoms with Crippen molar-refractivity contribution in [2.75, 3.05) is 5.73 Å². The fourth-order valence-corrected chi connectivity index (χ4v) is 1.72. The highest BCUT2D eigenvalue weighted by Gasteiger charge is 2.15. The van der Waals surface area contributed by atoms with Crippen molar-refractivity contribution in [3.05, 3.63) is 52.8 Å². The van der Waals surface area contributed by atoms with Crippen LogP contribution in [0.15, 0.2) is 30.3 Å². The van der Waals surface area contributed by atoms with Crippen molar-refractivity contribution in [3.63, 3.8) is 0 Å². The quantitative estimate of drug-likeness (QED) is 0.845. The lowest BCUT2D eigenvalue weighted by Crippen LogP contribution is -2.03. The summed E-state index contributed by atoms with van der Waals surface area (Å²) in [6.07, 6.45) is 0. The van der Waals surface area contributed by atoms with E-state index < -0.39 is 17.3 Å². The zero-order valence-corrected chi connectivity index (χ0v) is 11.1. The SMILES string of the molecule is Cc1ccc(C#N)cc1Oc1cc(F)c(C(=O)O)cc1N. The van der Waals surface area contributed by atoms with E-state index in [9.17, 15) is 9.18 Å². The molecule has 0 heterocycles. The summed E-state index contributed by atoms with van der Waals surface area (Å²) < 4.78 is 19.1. The van der Waals surface area contributed by atoms with E-state index >= 15 is 0 Å². The standard InChI is InChI=1S/C15H11FN2O3/c1-8-2-3-9(7-17)4-13(8)21-14-6-11(16)10(15(19)20)5-12(14)18/h2-6H,18H2,1H3,(H,19,20). The highest BCUT2D eigenvalue weighted by molar-refractivity contribution is 5.89. The van der Waals surface area contributed by atoms with Crippen LogP contribution in [0.4, 0.5) is 10.1 Å². The van der Waals surface area contributed by atoms with E-state index in [1.807, 2.05) is 6.07 Å². The first-order chi connectivity index (χ1) is 9.92. The molecule has 0 unspecified atom stereocenters. The molecule has 6 heteroatoms. The van der Waals surface area contributed by atoms with Crippen LogP contribution in [0, 0.1) is 24.1 Å². The summed E-state index contributed by atoms with van der Waals surface area (Å²) in [5.74, 6) is -2.01. The number of nitrogens with two attached hydrogens (primary N) is 1. The van der Waals surface area contributed by atoms with Crippen LogP contribution in [0.25, 0.3) is 0 Å². The van der Waals surface area contributed by atoms with E-state index in [-0.39, 0.29) is 11.4 Å². The summed E-state index contributed by atoms with van der Waals surface area (Å²) in [4.78, 5) is 10.8. The molecule has 0 saturated carbocycles. The Balaban J connectivity index is 2.43. The number of hydrogen-bond acceptors (Lipinski definition) is 4. The van der Waals surface area contributed by atoms with Crippen LogP contribution in [-0.4, -0.2) is 11.1 Å². The van der Waals surface area contributed by atoms with Crippen molar-refractivity contribution < 1.29 is 19.0 Å². The fourth-order valence-electron chi connectivity index (χ4n) is 1.72. The summed E-state index contributed by atoms with van der Waals surface area (Å²) >= 11 is 0. The maximum atomic E-state index is 13.7. The molecule has 21 heavy (non-hydrogen) atoms. The summed E-state index contributed by atoms with van der Waals surface area (Å²) in [6.45, 7) is 1.76. The number of carbonyl (C=O) groups is 1. The monoisotopic (exact) mass is 286 g/mol. The summed E-state index contributed by atoms with van der Waals surface area (Å²) in [6, 6.07) is 8.69. The number of aryl methyl sites for hydroxylation is 1. The van der Waals surface area contributed by atoms with Gasteiger partial charge in [0.2, 0.25) is 0 Å². The molecule has 3 N–H and O–H groups in total. The molecule has 0 radical (unpaired) electrons. The van der Waals surface area contributed by atoms with Crippen molar-refractivity contribution in [2.24, 2.45) is 0 Å². The number of rotatable bonds is 3. The van der Waals surface area contributed by atoms with Crippen molar-refractivity contribution in [1.29, 1.82) is 5.26 Å². The number of benzene rings is 2. The molecule has 5 nitrogen and oxygen atoms in total. The van der Waals surface area contributed by atoms with Gasteiger partial charge >= 0.3 is 5.97 Å². The maximum absolute atomic E-state index is 13.7. The Kier molecular flexibility index (Phi) is 3.76. The fraction of sp³-hybridized carbons (Fsp3) is 0.0667. The molecule has 0 atom stereocenters. The number of anilines is 1. The van der Waals surface area contributed by atoms with E-state index in [1.54, 1.807) is 19.1 Å². The first-order valence-corrected chi connectivity index (χ1v) is 5.93. The lowest BCUT2D eigenvalue weighted by atomic mass is 10.1. The number of hydrogen-bond donors (Lipinski definition) is 2. The predicted octanol–water partition coefficient (Wildman–Crippen LogP) is 3.08. The Morgan fingerprint density at radius 3 is 2.67 bits per heavy atom. The third kappa shape index (κ3) is 2.92. The van der Waals surface area contributed by atoms with E-state index in [1.165, 1.54) is 6.07 Å². The number of nitrogens with zero attached hydrogens (tertiary/aromatic N) is 1. The predicted molar refractivity (Wildman–Crippen MR) is 73.7 cm³/mol. The van der Waals surface area contributed by atoms with Gasteiger partial charge in [-0.05, 0) is 30.7 Å². The zero-order chi connectivity index (χ0) is 15.6. The van der Waals surface area contributed by atoms with Gasteiger partial charge in [0, 0.05) is 6.07 Å². The molecule has 0 spiro atoms. The van der Waals surface area contributed by atoms with Crippen molar-refractivity contribution in [2.45, 2.75) is 6.92 Å². The smallest absolute Gasteiger partial charge is 0.338 e. The Morgan fingerprint density at radius 2 is 2.05 bits per heavy atom. The van der Waals surface area contributed by atoms with Crippen LogP contribution < -0.4 is 10.5 Å². The van der Waals surface area contributed by atoms with Gasteiger partial charge in [-0.25, -0.2) is 9.18 Å². The topological polar surface area (TPSA) is 96.3 Å². The third-order valence-electron chi connectivity index (χ3n) is 2.87. The van der Waals surface area contributed by atoms with E-state index in [0.29, 0.717) is 11.3 Å². The summed E-state index contributed by atoms with van der Waals surface area (Å²) in [5, 5.41) is 17.7. The molecule has 0 fully saturated rings. The minimum Gasteiger partial charge on any atom is -0.478 e. The Hall–Kier alpha value is -3.07. The largest absolute Gasteiger partial charge is 0.478 e. The van der Waals surface area contributed by atoms with Crippen LogP contribution in [0.1, 0.15) is 21.5 Å². The highest BCUT2D eigenvalue weighted by atomic mass is 19.1.